The van der Waals surface area contributed by atoms with Crippen molar-refractivity contribution in [2.24, 2.45) is 17.8 Å². The maximum atomic E-state index is 13.6. The van der Waals surface area contributed by atoms with Crippen molar-refractivity contribution in [3.8, 4) is 0 Å². The number of rotatable bonds is 17. The molecule has 1 aromatic carbocycles. The van der Waals surface area contributed by atoms with Gasteiger partial charge in [0.2, 0.25) is 5.91 Å². The van der Waals surface area contributed by atoms with E-state index in [2.05, 4.69) is 10.3 Å². The van der Waals surface area contributed by atoms with Crippen LogP contribution in [0.25, 0.3) is 0 Å². The Labute approximate surface area is 283 Å². The molecule has 266 valence electrons. The molecule has 6 atom stereocenters. The molecule has 1 aliphatic rings. The van der Waals surface area contributed by atoms with Gasteiger partial charge in [-0.15, -0.1) is 11.3 Å². The number of thiazole rings is 1. The van der Waals surface area contributed by atoms with Gasteiger partial charge in [0.1, 0.15) is 16.8 Å². The maximum absolute atomic E-state index is 13.6. The number of likely N-dealkylation sites (tertiary alicyclic amines) is 1. The summed E-state index contributed by atoms with van der Waals surface area (Å²) < 4.78 is 40.7. The van der Waals surface area contributed by atoms with E-state index < -0.39 is 72.9 Å². The molecule has 3 N–H and O–H groups in total. The summed E-state index contributed by atoms with van der Waals surface area (Å²) in [7, 11) is 3.14. The number of aliphatic hydroxyl groups excluding tert-OH is 1. The second-order valence-electron chi connectivity index (χ2n) is 13.2. The Bertz CT molecular complexity index is 1390. The van der Waals surface area contributed by atoms with E-state index in [0.29, 0.717) is 19.4 Å². The number of likely N-dealkylation sites (N-methyl/N-ethyl adjacent to an activating group) is 1. The third kappa shape index (κ3) is 11.4. The predicted octanol–water partition coefficient (Wildman–Crippen LogP) is 5.12. The third-order valence-electron chi connectivity index (χ3n) is 9.01. The lowest BCUT2D eigenvalue weighted by molar-refractivity contribution is -0.162. The Hall–Kier alpha value is -3.36. The molecular formula is C34H47F3N4O6S. The standard InChI is InChI=1S/C34H47F3N4O6S/c1-20(2)27(41(5)32(45)23(18-34(35,36)37)16-28(42)26-12-9-13-40(26)4)17-29(43)31-39-25(19-48-31)30(44)38-24(14-21(3)33(46)47)15-22-10-7-6-8-11-22/h6-8,10-11,19-21,23-24,26-27,29,43H,9,12-18H2,1-5H3,(H,38,44)(H,46,47)/t21-,23-,24+,26+,27+,29+/m0/s1. The van der Waals surface area contributed by atoms with Gasteiger partial charge in [-0.2, -0.15) is 13.2 Å². The van der Waals surface area contributed by atoms with Gasteiger partial charge in [-0.25, -0.2) is 4.98 Å². The Morgan fingerprint density at radius 1 is 1.12 bits per heavy atom. The van der Waals surface area contributed by atoms with Gasteiger partial charge in [0, 0.05) is 37.4 Å². The molecule has 0 saturated carbocycles. The van der Waals surface area contributed by atoms with Crippen molar-refractivity contribution in [1.82, 2.24) is 20.1 Å². The number of aromatic nitrogens is 1. The number of nitrogens with one attached hydrogen (secondary N) is 1. The van der Waals surface area contributed by atoms with Crippen molar-refractivity contribution in [3.05, 3.63) is 52.0 Å². The van der Waals surface area contributed by atoms with Crippen molar-refractivity contribution in [2.75, 3.05) is 20.6 Å². The number of Topliss-reactive ketones (excluding diaryl/α,β-unsaturated/α-hetero) is 1. The van der Waals surface area contributed by atoms with Crippen LogP contribution in [0.15, 0.2) is 35.7 Å². The summed E-state index contributed by atoms with van der Waals surface area (Å²) in [4.78, 5) is 58.5. The van der Waals surface area contributed by atoms with E-state index in [0.717, 1.165) is 23.3 Å². The quantitative estimate of drug-likeness (QED) is 0.207. The zero-order chi connectivity index (χ0) is 35.8. The van der Waals surface area contributed by atoms with Crippen molar-refractivity contribution < 1.29 is 42.6 Å². The summed E-state index contributed by atoms with van der Waals surface area (Å²) in [5.41, 5.74) is 0.946. The van der Waals surface area contributed by atoms with E-state index in [1.165, 1.54) is 17.3 Å². The van der Waals surface area contributed by atoms with Gasteiger partial charge in [-0.1, -0.05) is 51.1 Å². The minimum Gasteiger partial charge on any atom is -0.481 e. The molecule has 14 heteroatoms. The van der Waals surface area contributed by atoms with Crippen LogP contribution in [0, 0.1) is 17.8 Å². The molecule has 1 aliphatic heterocycles. The first kappa shape index (κ1) is 39.1. The number of hydrogen-bond acceptors (Lipinski definition) is 8. The monoisotopic (exact) mass is 696 g/mol. The minimum absolute atomic E-state index is 0.0289. The van der Waals surface area contributed by atoms with Crippen LogP contribution in [0.3, 0.4) is 0 Å². The number of alkyl halides is 3. The molecule has 1 saturated heterocycles. The molecule has 0 bridgehead atoms. The van der Waals surface area contributed by atoms with Crippen LogP contribution in [0.5, 0.6) is 0 Å². The summed E-state index contributed by atoms with van der Waals surface area (Å²) in [5.74, 6) is -5.29. The number of carboxylic acid groups (broad SMARTS) is 1. The van der Waals surface area contributed by atoms with Gasteiger partial charge >= 0.3 is 12.1 Å². The van der Waals surface area contributed by atoms with E-state index in [4.69, 9.17) is 0 Å². The summed E-state index contributed by atoms with van der Waals surface area (Å²) in [6.45, 7) is 5.79. The van der Waals surface area contributed by atoms with Crippen LogP contribution in [-0.2, 0) is 20.8 Å². The van der Waals surface area contributed by atoms with E-state index in [1.54, 1.807) is 32.7 Å². The van der Waals surface area contributed by atoms with Gasteiger partial charge in [0.25, 0.3) is 5.91 Å². The molecule has 10 nitrogen and oxygen atoms in total. The van der Waals surface area contributed by atoms with E-state index in [9.17, 15) is 42.6 Å². The Morgan fingerprint density at radius 3 is 2.35 bits per heavy atom. The third-order valence-corrected chi connectivity index (χ3v) is 9.95. The fourth-order valence-corrected chi connectivity index (χ4v) is 7.10. The largest absolute Gasteiger partial charge is 0.481 e. The molecule has 2 heterocycles. The van der Waals surface area contributed by atoms with Gasteiger partial charge in [-0.05, 0) is 50.8 Å². The Morgan fingerprint density at radius 2 is 1.79 bits per heavy atom. The highest BCUT2D eigenvalue weighted by Gasteiger charge is 2.41. The average Bonchev–Trinajstić information content (AvgIpc) is 3.68. The number of aliphatic carboxylic acids is 1. The normalized spacial score (nSPS) is 18.6. The number of ketones is 1. The average molecular weight is 697 g/mol. The van der Waals surface area contributed by atoms with Crippen LogP contribution in [0.2, 0.25) is 0 Å². The summed E-state index contributed by atoms with van der Waals surface area (Å²) in [6, 6.07) is 7.62. The van der Waals surface area contributed by atoms with Crippen LogP contribution in [0.1, 0.15) is 86.5 Å². The maximum Gasteiger partial charge on any atom is 0.389 e. The number of halogens is 3. The van der Waals surface area contributed by atoms with Gasteiger partial charge < -0.3 is 20.4 Å². The molecule has 0 unspecified atom stereocenters. The predicted molar refractivity (Wildman–Crippen MR) is 175 cm³/mol. The SMILES string of the molecule is CC(C)[C@@H](C[C@@H](O)c1nc(C(=O)N[C@@H](Cc2ccccc2)C[C@H](C)C(=O)O)cs1)N(C)C(=O)[C@@H](CC(=O)[C@H]1CCCN1C)CC(F)(F)F. The molecule has 0 spiro atoms. The van der Waals surface area contributed by atoms with Gasteiger partial charge in [0.05, 0.1) is 24.3 Å². The highest BCUT2D eigenvalue weighted by atomic mass is 32.1. The smallest absolute Gasteiger partial charge is 0.389 e. The zero-order valence-electron chi connectivity index (χ0n) is 28.1. The fraction of sp³-hybridized carbons (Fsp3) is 0.618. The molecule has 2 amide bonds. The molecule has 48 heavy (non-hydrogen) atoms. The van der Waals surface area contributed by atoms with Crippen LogP contribution < -0.4 is 5.32 Å². The summed E-state index contributed by atoms with van der Waals surface area (Å²) in [5, 5.41) is 25.1. The first-order valence-corrected chi connectivity index (χ1v) is 17.1. The number of nitrogens with zero attached hydrogens (tertiary/aromatic N) is 3. The zero-order valence-corrected chi connectivity index (χ0v) is 28.9. The number of carboxylic acids is 1. The van der Waals surface area contributed by atoms with Crippen LogP contribution in [0.4, 0.5) is 13.2 Å². The molecule has 0 radical (unpaired) electrons. The second kappa shape index (κ2) is 17.3. The number of aliphatic hydroxyl groups is 1. The second-order valence-corrected chi connectivity index (χ2v) is 14.1. The van der Waals surface area contributed by atoms with Crippen molar-refractivity contribution in [2.45, 2.75) is 96.1 Å². The molecule has 1 aromatic heterocycles. The molecular weight excluding hydrogens is 649 g/mol. The first-order chi connectivity index (χ1) is 22.5. The molecule has 1 fully saturated rings. The lowest BCUT2D eigenvalue weighted by atomic mass is 9.90. The van der Waals surface area contributed by atoms with E-state index in [1.807, 2.05) is 30.3 Å². The number of amides is 2. The Balaban J connectivity index is 1.71. The van der Waals surface area contributed by atoms with Crippen LogP contribution in [-0.4, -0.2) is 93.5 Å². The number of benzene rings is 1. The summed E-state index contributed by atoms with van der Waals surface area (Å²) in [6.07, 6.45) is -6.00. The molecule has 0 aliphatic carbocycles. The minimum atomic E-state index is -4.65. The topological polar surface area (TPSA) is 140 Å². The fourth-order valence-electron chi connectivity index (χ4n) is 6.30. The molecule has 2 aromatic rings. The van der Waals surface area contributed by atoms with Crippen LogP contribution >= 0.6 is 11.3 Å². The van der Waals surface area contributed by atoms with Gasteiger partial charge in [-0.3, -0.25) is 24.1 Å². The summed E-state index contributed by atoms with van der Waals surface area (Å²) >= 11 is 1.03. The van der Waals surface area contributed by atoms with E-state index in [-0.39, 0.29) is 35.2 Å². The highest BCUT2D eigenvalue weighted by Crippen LogP contribution is 2.32. The lowest BCUT2D eigenvalue weighted by Crippen LogP contribution is -2.46. The Kier molecular flexibility index (Phi) is 14.1. The van der Waals surface area contributed by atoms with Crippen molar-refractivity contribution >= 4 is 34.9 Å². The molecule has 3 rings (SSSR count). The number of carbonyl (C=O) groups excluding carboxylic acids is 3. The number of carbonyl (C=O) groups is 4. The van der Waals surface area contributed by atoms with E-state index >= 15 is 0 Å². The highest BCUT2D eigenvalue weighted by molar-refractivity contribution is 7.09. The van der Waals surface area contributed by atoms with Crippen molar-refractivity contribution in [3.63, 3.8) is 0 Å². The first-order valence-electron chi connectivity index (χ1n) is 16.2. The van der Waals surface area contributed by atoms with Gasteiger partial charge in [0.15, 0.2) is 5.78 Å². The number of hydrogen-bond donors (Lipinski definition) is 3. The lowest BCUT2D eigenvalue weighted by Gasteiger charge is -2.35. The van der Waals surface area contributed by atoms with Crippen molar-refractivity contribution in [1.29, 1.82) is 0 Å².